The zero-order chi connectivity index (χ0) is 8.97. The number of rotatable bonds is 2. The van der Waals surface area contributed by atoms with Gasteiger partial charge in [-0.1, -0.05) is 18.2 Å². The average molecular weight is 182 g/mol. The van der Waals surface area contributed by atoms with Crippen LogP contribution in [-0.2, 0) is 8.98 Å². The molecule has 0 atom stereocenters. The lowest BCUT2D eigenvalue weighted by Crippen LogP contribution is -1.89. The van der Waals surface area contributed by atoms with Gasteiger partial charge in [-0.2, -0.15) is 0 Å². The number of hydrogen-bond acceptors (Lipinski definition) is 3. The molecule has 0 radical (unpaired) electrons. The van der Waals surface area contributed by atoms with Crippen LogP contribution in [0.25, 0.3) is 0 Å². The number of carbonyl (C=O) groups excluding carboxylic acids is 1. The summed E-state index contributed by atoms with van der Waals surface area (Å²) in [4.78, 5) is 11.5. The summed E-state index contributed by atoms with van der Waals surface area (Å²) in [5.41, 5.74) is 1.11. The van der Waals surface area contributed by atoms with Gasteiger partial charge in [0.25, 0.3) is 0 Å². The molecule has 0 heterocycles. The van der Waals surface area contributed by atoms with Crippen molar-refractivity contribution in [1.82, 2.24) is 0 Å². The summed E-state index contributed by atoms with van der Waals surface area (Å²) in [6.07, 6.45) is 0. The number of carbonyl (C=O) groups is 1. The van der Waals surface area contributed by atoms with Crippen LogP contribution in [-0.4, -0.2) is 5.97 Å². The van der Waals surface area contributed by atoms with Gasteiger partial charge in [0.2, 0.25) is 0 Å². The Hall–Kier alpha value is -0.960. The zero-order valence-electron chi connectivity index (χ0n) is 7.03. The van der Waals surface area contributed by atoms with E-state index in [1.807, 2.05) is 31.2 Å². The van der Waals surface area contributed by atoms with Gasteiger partial charge in [0, 0.05) is 6.92 Å². The minimum atomic E-state index is -0.275. The Balaban J connectivity index is 2.63. The van der Waals surface area contributed by atoms with Crippen molar-refractivity contribution in [3.05, 3.63) is 29.8 Å². The normalized spacial score (nSPS) is 9.50. The van der Waals surface area contributed by atoms with E-state index < -0.39 is 0 Å². The van der Waals surface area contributed by atoms with E-state index in [0.29, 0.717) is 0 Å². The van der Waals surface area contributed by atoms with Gasteiger partial charge in [0.05, 0.1) is 16.9 Å². The SMILES string of the molecule is CC(=O)OSc1ccccc1C. The van der Waals surface area contributed by atoms with Crippen molar-refractivity contribution in [1.29, 1.82) is 0 Å². The molecular weight excluding hydrogens is 172 g/mol. The van der Waals surface area contributed by atoms with Crippen molar-refractivity contribution >= 4 is 18.0 Å². The topological polar surface area (TPSA) is 26.3 Å². The fourth-order valence-corrected chi connectivity index (χ4v) is 1.29. The quantitative estimate of drug-likeness (QED) is 0.657. The second kappa shape index (κ2) is 4.16. The molecular formula is C9H10O2S. The van der Waals surface area contributed by atoms with Crippen LogP contribution in [0.4, 0.5) is 0 Å². The lowest BCUT2D eigenvalue weighted by atomic mass is 10.2. The molecule has 0 bridgehead atoms. The van der Waals surface area contributed by atoms with E-state index in [9.17, 15) is 4.79 Å². The summed E-state index contributed by atoms with van der Waals surface area (Å²) in [5, 5.41) is 0. The molecule has 1 aromatic carbocycles. The van der Waals surface area contributed by atoms with Gasteiger partial charge < -0.3 is 4.18 Å². The summed E-state index contributed by atoms with van der Waals surface area (Å²) in [7, 11) is 0. The Morgan fingerprint density at radius 3 is 2.67 bits per heavy atom. The Kier molecular flexibility index (Phi) is 3.17. The Labute approximate surface area is 76.1 Å². The minimum Gasteiger partial charge on any atom is -0.386 e. The molecule has 0 saturated carbocycles. The van der Waals surface area contributed by atoms with Crippen LogP contribution in [0.2, 0.25) is 0 Å². The third-order valence-corrected chi connectivity index (χ3v) is 2.30. The van der Waals surface area contributed by atoms with E-state index in [1.54, 1.807) is 0 Å². The lowest BCUT2D eigenvalue weighted by molar-refractivity contribution is -0.130. The van der Waals surface area contributed by atoms with Gasteiger partial charge >= 0.3 is 5.97 Å². The van der Waals surface area contributed by atoms with Crippen LogP contribution >= 0.6 is 12.0 Å². The molecule has 3 heteroatoms. The third-order valence-electron chi connectivity index (χ3n) is 1.34. The van der Waals surface area contributed by atoms with Crippen LogP contribution in [0, 0.1) is 6.92 Å². The van der Waals surface area contributed by atoms with E-state index in [-0.39, 0.29) is 5.97 Å². The lowest BCUT2D eigenvalue weighted by Gasteiger charge is -2.01. The minimum absolute atomic E-state index is 0.275. The van der Waals surface area contributed by atoms with E-state index in [1.165, 1.54) is 6.92 Å². The van der Waals surface area contributed by atoms with E-state index >= 15 is 0 Å². The molecule has 2 nitrogen and oxygen atoms in total. The van der Waals surface area contributed by atoms with Crippen molar-refractivity contribution in [2.75, 3.05) is 0 Å². The van der Waals surface area contributed by atoms with Crippen molar-refractivity contribution in [2.45, 2.75) is 18.7 Å². The standard InChI is InChI=1S/C9H10O2S/c1-7-5-3-4-6-9(7)12-11-8(2)10/h3-6H,1-2H3. The second-order valence-corrected chi connectivity index (χ2v) is 3.20. The molecule has 1 rings (SSSR count). The molecule has 0 saturated heterocycles. The zero-order valence-corrected chi connectivity index (χ0v) is 7.85. The highest BCUT2D eigenvalue weighted by atomic mass is 32.2. The Bertz CT molecular complexity index is 284. The first-order chi connectivity index (χ1) is 5.70. The highest BCUT2D eigenvalue weighted by Gasteiger charge is 2.00. The molecule has 0 fully saturated rings. The van der Waals surface area contributed by atoms with Gasteiger partial charge in [0.15, 0.2) is 0 Å². The van der Waals surface area contributed by atoms with Crippen LogP contribution in [0.15, 0.2) is 29.2 Å². The Morgan fingerprint density at radius 2 is 2.08 bits per heavy atom. The van der Waals surface area contributed by atoms with Gasteiger partial charge in [-0.15, -0.1) is 0 Å². The second-order valence-electron chi connectivity index (χ2n) is 2.42. The van der Waals surface area contributed by atoms with Crippen LogP contribution in [0.1, 0.15) is 12.5 Å². The van der Waals surface area contributed by atoms with Crippen molar-refractivity contribution in [3.8, 4) is 0 Å². The molecule has 0 N–H and O–H groups in total. The predicted octanol–water partition coefficient (Wildman–Crippen LogP) is 2.57. The summed E-state index contributed by atoms with van der Waals surface area (Å²) >= 11 is 1.11. The summed E-state index contributed by atoms with van der Waals surface area (Å²) in [6, 6.07) is 7.76. The van der Waals surface area contributed by atoms with Gasteiger partial charge in [-0.25, -0.2) is 0 Å². The first-order valence-electron chi connectivity index (χ1n) is 3.61. The number of hydrogen-bond donors (Lipinski definition) is 0. The molecule has 0 aliphatic rings. The van der Waals surface area contributed by atoms with Crippen LogP contribution < -0.4 is 0 Å². The maximum absolute atomic E-state index is 10.5. The average Bonchev–Trinajstić information content (AvgIpc) is 2.03. The smallest absolute Gasteiger partial charge is 0.315 e. The predicted molar refractivity (Wildman–Crippen MR) is 48.8 cm³/mol. The Morgan fingerprint density at radius 1 is 1.42 bits per heavy atom. The highest BCUT2D eigenvalue weighted by Crippen LogP contribution is 2.22. The van der Waals surface area contributed by atoms with E-state index in [0.717, 1.165) is 22.5 Å². The fraction of sp³-hybridized carbons (Fsp3) is 0.222. The molecule has 0 spiro atoms. The molecule has 0 aliphatic carbocycles. The molecule has 1 aromatic rings. The monoisotopic (exact) mass is 182 g/mol. The van der Waals surface area contributed by atoms with Crippen LogP contribution in [0.3, 0.4) is 0 Å². The first kappa shape index (κ1) is 9.13. The molecule has 0 aromatic heterocycles. The van der Waals surface area contributed by atoms with Gasteiger partial charge in [-0.05, 0) is 18.6 Å². The summed E-state index contributed by atoms with van der Waals surface area (Å²) < 4.78 is 4.79. The molecule has 12 heavy (non-hydrogen) atoms. The number of aryl methyl sites for hydroxylation is 1. The van der Waals surface area contributed by atoms with Crippen LogP contribution in [0.5, 0.6) is 0 Å². The molecule has 0 unspecified atom stereocenters. The molecule has 64 valence electrons. The van der Waals surface area contributed by atoms with Gasteiger partial charge in [-0.3, -0.25) is 4.79 Å². The number of benzene rings is 1. The molecule has 0 aliphatic heterocycles. The largest absolute Gasteiger partial charge is 0.386 e. The van der Waals surface area contributed by atoms with Crippen molar-refractivity contribution in [2.24, 2.45) is 0 Å². The third kappa shape index (κ3) is 2.58. The van der Waals surface area contributed by atoms with Crippen molar-refractivity contribution < 1.29 is 8.98 Å². The van der Waals surface area contributed by atoms with E-state index in [2.05, 4.69) is 0 Å². The van der Waals surface area contributed by atoms with Crippen molar-refractivity contribution in [3.63, 3.8) is 0 Å². The van der Waals surface area contributed by atoms with Gasteiger partial charge in [0.1, 0.15) is 0 Å². The molecule has 0 amide bonds. The summed E-state index contributed by atoms with van der Waals surface area (Å²) in [5.74, 6) is -0.275. The van der Waals surface area contributed by atoms with E-state index in [4.69, 9.17) is 4.18 Å². The highest BCUT2D eigenvalue weighted by molar-refractivity contribution is 7.95. The fourth-order valence-electron chi connectivity index (χ4n) is 0.753. The summed E-state index contributed by atoms with van der Waals surface area (Å²) in [6.45, 7) is 3.37. The maximum Gasteiger partial charge on any atom is 0.315 e. The maximum atomic E-state index is 10.5. The first-order valence-corrected chi connectivity index (χ1v) is 4.35.